The van der Waals surface area contributed by atoms with E-state index in [1.807, 2.05) is 6.92 Å². The Morgan fingerprint density at radius 2 is 1.89 bits per heavy atom. The van der Waals surface area contributed by atoms with Crippen LogP contribution in [-0.4, -0.2) is 16.0 Å². The van der Waals surface area contributed by atoms with Gasteiger partial charge in [0.25, 0.3) is 0 Å². The monoisotopic (exact) mass is 250 g/mol. The van der Waals surface area contributed by atoms with Crippen LogP contribution in [0.15, 0.2) is 0 Å². The third-order valence-corrected chi connectivity index (χ3v) is 3.27. The number of nitrogens with two attached hydrogens (primary N) is 1. The molecular weight excluding hydrogens is 224 g/mol. The molecule has 0 aromatic carbocycles. The Balaban J connectivity index is 2.99. The van der Waals surface area contributed by atoms with Crippen LogP contribution in [0.1, 0.15) is 51.9 Å². The second kappa shape index (κ2) is 6.57. The van der Waals surface area contributed by atoms with Gasteiger partial charge in [0.2, 0.25) is 0 Å². The predicted molar refractivity (Wildman–Crippen MR) is 77.7 cm³/mol. The smallest absolute Gasteiger partial charge is 0.134 e. The Kier molecular flexibility index (Phi) is 5.38. The van der Waals surface area contributed by atoms with Crippen LogP contribution in [0.4, 0.5) is 11.6 Å². The first kappa shape index (κ1) is 14.7. The van der Waals surface area contributed by atoms with Crippen LogP contribution in [-0.2, 0) is 6.42 Å². The van der Waals surface area contributed by atoms with Gasteiger partial charge in [0.15, 0.2) is 0 Å². The summed E-state index contributed by atoms with van der Waals surface area (Å²) in [6.45, 7) is 10.7. The normalized spacial score (nSPS) is 12.8. The van der Waals surface area contributed by atoms with Gasteiger partial charge in [0.1, 0.15) is 17.5 Å². The first-order chi connectivity index (χ1) is 8.49. The van der Waals surface area contributed by atoms with E-state index in [4.69, 9.17) is 5.73 Å². The fraction of sp³-hybridized carbons (Fsp3) is 0.714. The first-order valence-corrected chi connectivity index (χ1v) is 6.89. The topological polar surface area (TPSA) is 63.8 Å². The molecule has 0 fully saturated rings. The van der Waals surface area contributed by atoms with Crippen LogP contribution in [0.2, 0.25) is 0 Å². The minimum Gasteiger partial charge on any atom is -0.383 e. The fourth-order valence-corrected chi connectivity index (χ4v) is 1.97. The third-order valence-electron chi connectivity index (χ3n) is 3.27. The molecule has 1 rings (SSSR count). The molecule has 1 aromatic heterocycles. The number of hydrogen-bond donors (Lipinski definition) is 2. The molecule has 0 saturated heterocycles. The number of nitrogen functional groups attached to an aromatic ring is 1. The van der Waals surface area contributed by atoms with Crippen molar-refractivity contribution in [1.29, 1.82) is 0 Å². The summed E-state index contributed by atoms with van der Waals surface area (Å²) in [5.41, 5.74) is 6.91. The molecule has 0 spiro atoms. The lowest BCUT2D eigenvalue weighted by Crippen LogP contribution is -2.26. The van der Waals surface area contributed by atoms with Gasteiger partial charge in [-0.1, -0.05) is 27.7 Å². The summed E-state index contributed by atoms with van der Waals surface area (Å²) in [5, 5.41) is 3.50. The predicted octanol–water partition coefficient (Wildman–Crippen LogP) is 3.17. The molecule has 1 unspecified atom stereocenters. The average Bonchev–Trinajstić information content (AvgIpc) is 2.31. The van der Waals surface area contributed by atoms with Crippen molar-refractivity contribution in [3.63, 3.8) is 0 Å². The van der Waals surface area contributed by atoms with E-state index < -0.39 is 0 Å². The van der Waals surface area contributed by atoms with Crippen molar-refractivity contribution < 1.29 is 0 Å². The van der Waals surface area contributed by atoms with Gasteiger partial charge in [-0.15, -0.1) is 0 Å². The number of aromatic nitrogens is 2. The van der Waals surface area contributed by atoms with E-state index in [0.29, 0.717) is 17.8 Å². The quantitative estimate of drug-likeness (QED) is 0.814. The van der Waals surface area contributed by atoms with Crippen LogP contribution in [0.5, 0.6) is 0 Å². The molecule has 1 heterocycles. The Morgan fingerprint density at radius 1 is 1.22 bits per heavy atom. The average molecular weight is 250 g/mol. The van der Waals surface area contributed by atoms with Gasteiger partial charge in [-0.25, -0.2) is 9.97 Å². The first-order valence-electron chi connectivity index (χ1n) is 6.89. The van der Waals surface area contributed by atoms with Crippen molar-refractivity contribution in [2.45, 2.75) is 59.9 Å². The number of anilines is 2. The number of nitrogens with one attached hydrogen (secondary N) is 1. The van der Waals surface area contributed by atoms with Crippen LogP contribution in [0, 0.1) is 12.8 Å². The highest BCUT2D eigenvalue weighted by molar-refractivity contribution is 5.55. The summed E-state index contributed by atoms with van der Waals surface area (Å²) in [6, 6.07) is 0.424. The lowest BCUT2D eigenvalue weighted by Gasteiger charge is -2.23. The van der Waals surface area contributed by atoms with E-state index in [0.717, 1.165) is 36.5 Å². The molecule has 0 aliphatic carbocycles. The molecule has 18 heavy (non-hydrogen) atoms. The maximum atomic E-state index is 5.95. The highest BCUT2D eigenvalue weighted by atomic mass is 15.1. The van der Waals surface area contributed by atoms with Crippen LogP contribution in [0.25, 0.3) is 0 Å². The lowest BCUT2D eigenvalue weighted by molar-refractivity contribution is 0.509. The molecule has 1 aromatic rings. The van der Waals surface area contributed by atoms with Gasteiger partial charge in [0, 0.05) is 18.0 Å². The van der Waals surface area contributed by atoms with Gasteiger partial charge < -0.3 is 11.1 Å². The SMILES string of the molecule is CCCc1nc(N)c(C)c(NC(CC)C(C)C)n1. The van der Waals surface area contributed by atoms with E-state index in [1.165, 1.54) is 0 Å². The van der Waals surface area contributed by atoms with Crippen molar-refractivity contribution in [3.8, 4) is 0 Å². The second-order valence-corrected chi connectivity index (χ2v) is 5.15. The molecule has 1 atom stereocenters. The molecule has 4 nitrogen and oxygen atoms in total. The van der Waals surface area contributed by atoms with Crippen molar-refractivity contribution in [2.75, 3.05) is 11.1 Å². The molecular formula is C14H26N4. The third kappa shape index (κ3) is 3.59. The van der Waals surface area contributed by atoms with Crippen LogP contribution in [0.3, 0.4) is 0 Å². The lowest BCUT2D eigenvalue weighted by atomic mass is 10.0. The van der Waals surface area contributed by atoms with Gasteiger partial charge in [0.05, 0.1) is 0 Å². The maximum Gasteiger partial charge on any atom is 0.134 e. The van der Waals surface area contributed by atoms with E-state index in [1.54, 1.807) is 0 Å². The maximum absolute atomic E-state index is 5.95. The Hall–Kier alpha value is -1.32. The van der Waals surface area contributed by atoms with Crippen LogP contribution >= 0.6 is 0 Å². The molecule has 102 valence electrons. The molecule has 0 amide bonds. The zero-order chi connectivity index (χ0) is 13.7. The Morgan fingerprint density at radius 3 is 2.39 bits per heavy atom. The number of aryl methyl sites for hydroxylation is 1. The van der Waals surface area contributed by atoms with E-state index in [9.17, 15) is 0 Å². The largest absolute Gasteiger partial charge is 0.383 e. The molecule has 3 N–H and O–H groups in total. The van der Waals surface area contributed by atoms with Crippen molar-refractivity contribution in [3.05, 3.63) is 11.4 Å². The summed E-state index contributed by atoms with van der Waals surface area (Å²) in [7, 11) is 0. The van der Waals surface area contributed by atoms with Gasteiger partial charge in [-0.3, -0.25) is 0 Å². The van der Waals surface area contributed by atoms with E-state index >= 15 is 0 Å². The summed E-state index contributed by atoms with van der Waals surface area (Å²) in [5.74, 6) is 2.89. The van der Waals surface area contributed by atoms with Gasteiger partial charge in [-0.2, -0.15) is 0 Å². The summed E-state index contributed by atoms with van der Waals surface area (Å²) < 4.78 is 0. The van der Waals surface area contributed by atoms with E-state index in [-0.39, 0.29) is 0 Å². The molecule has 0 saturated carbocycles. The zero-order valence-corrected chi connectivity index (χ0v) is 12.2. The Bertz CT molecular complexity index is 388. The summed E-state index contributed by atoms with van der Waals surface area (Å²) >= 11 is 0. The molecule has 0 aliphatic rings. The summed E-state index contributed by atoms with van der Waals surface area (Å²) in [4.78, 5) is 8.92. The standard InChI is InChI=1S/C14H26N4/c1-6-8-12-17-13(15)10(5)14(18-12)16-11(7-2)9(3)4/h9,11H,6-8H2,1-5H3,(H3,15,16,17,18). The number of rotatable bonds is 6. The molecule has 0 bridgehead atoms. The Labute approximate surface area is 110 Å². The molecule has 0 radical (unpaired) electrons. The van der Waals surface area contributed by atoms with Crippen LogP contribution < -0.4 is 11.1 Å². The molecule has 0 aliphatic heterocycles. The number of hydrogen-bond acceptors (Lipinski definition) is 4. The van der Waals surface area contributed by atoms with Gasteiger partial charge in [-0.05, 0) is 25.7 Å². The van der Waals surface area contributed by atoms with Crippen molar-refractivity contribution in [1.82, 2.24) is 9.97 Å². The van der Waals surface area contributed by atoms with Gasteiger partial charge >= 0.3 is 0 Å². The zero-order valence-electron chi connectivity index (χ0n) is 12.2. The highest BCUT2D eigenvalue weighted by Gasteiger charge is 2.15. The number of nitrogens with zero attached hydrogens (tertiary/aromatic N) is 2. The van der Waals surface area contributed by atoms with Crippen molar-refractivity contribution in [2.24, 2.45) is 5.92 Å². The van der Waals surface area contributed by atoms with Crippen molar-refractivity contribution >= 4 is 11.6 Å². The minimum absolute atomic E-state index is 0.424. The minimum atomic E-state index is 0.424. The highest BCUT2D eigenvalue weighted by Crippen LogP contribution is 2.21. The van der Waals surface area contributed by atoms with E-state index in [2.05, 4.69) is 43.0 Å². The molecule has 4 heteroatoms. The summed E-state index contributed by atoms with van der Waals surface area (Å²) in [6.07, 6.45) is 2.98. The second-order valence-electron chi connectivity index (χ2n) is 5.15. The fourth-order valence-electron chi connectivity index (χ4n) is 1.97.